The van der Waals surface area contributed by atoms with E-state index in [1.807, 2.05) is 10.9 Å². The summed E-state index contributed by atoms with van der Waals surface area (Å²) >= 11 is 0. The molecule has 0 atom stereocenters. The molecule has 96 valence electrons. The minimum Gasteiger partial charge on any atom is -0.252 e. The van der Waals surface area contributed by atoms with Gasteiger partial charge in [-0.3, -0.25) is 4.68 Å². The number of rotatable bonds is 4. The number of aryl methyl sites for hydroxylation is 2. The van der Waals surface area contributed by atoms with Crippen LogP contribution in [0.3, 0.4) is 0 Å². The second-order valence-electron chi connectivity index (χ2n) is 5.92. The number of hydrogen-bond donors (Lipinski definition) is 0. The predicted molar refractivity (Wildman–Crippen MR) is 73.3 cm³/mol. The van der Waals surface area contributed by atoms with Crippen molar-refractivity contribution in [2.75, 3.05) is 0 Å². The molecule has 0 N–H and O–H groups in total. The molecule has 1 aromatic heterocycles. The third-order valence-electron chi connectivity index (χ3n) is 2.92. The van der Waals surface area contributed by atoms with E-state index in [9.17, 15) is 0 Å². The minimum atomic E-state index is 0.323. The molecule has 0 radical (unpaired) electrons. The summed E-state index contributed by atoms with van der Waals surface area (Å²) < 4.78 is 1.88. The van der Waals surface area contributed by atoms with Gasteiger partial charge in [0, 0.05) is 12.7 Å². The molecule has 0 unspecified atom stereocenters. The van der Waals surface area contributed by atoms with Gasteiger partial charge in [0.2, 0.25) is 0 Å². The zero-order valence-corrected chi connectivity index (χ0v) is 11.4. The van der Waals surface area contributed by atoms with Gasteiger partial charge in [0.1, 0.15) is 0 Å². The van der Waals surface area contributed by atoms with Gasteiger partial charge in [-0.15, -0.1) is 5.10 Å². The van der Waals surface area contributed by atoms with Gasteiger partial charge in [-0.1, -0.05) is 50.3 Å². The van der Waals surface area contributed by atoms with Gasteiger partial charge in [-0.05, 0) is 29.4 Å². The predicted octanol–water partition coefficient (Wildman–Crippen LogP) is 3.11. The largest absolute Gasteiger partial charge is 0.252 e. The molecule has 1 aromatic carbocycles. The normalized spacial score (nSPS) is 11.7. The first-order valence-electron chi connectivity index (χ1n) is 6.45. The molecule has 0 aliphatic heterocycles. The van der Waals surface area contributed by atoms with Gasteiger partial charge in [-0.25, -0.2) is 0 Å². The van der Waals surface area contributed by atoms with Crippen molar-refractivity contribution < 1.29 is 0 Å². The van der Waals surface area contributed by atoms with Gasteiger partial charge in [-0.2, -0.15) is 0 Å². The molecule has 1 heterocycles. The second kappa shape index (κ2) is 5.34. The molecule has 0 aliphatic rings. The summed E-state index contributed by atoms with van der Waals surface area (Å²) in [4.78, 5) is 0. The highest BCUT2D eigenvalue weighted by Gasteiger charge is 2.13. The Kier molecular flexibility index (Phi) is 3.80. The van der Waals surface area contributed by atoms with Gasteiger partial charge in [0.15, 0.2) is 0 Å². The lowest BCUT2D eigenvalue weighted by Gasteiger charge is -2.20. The smallest absolute Gasteiger partial charge is 0.0692 e. The van der Waals surface area contributed by atoms with E-state index >= 15 is 0 Å². The molecule has 3 nitrogen and oxygen atoms in total. The molecule has 0 saturated heterocycles. The van der Waals surface area contributed by atoms with Crippen molar-refractivity contribution in [3.05, 3.63) is 47.8 Å². The fourth-order valence-electron chi connectivity index (χ4n) is 2.13. The number of aromatic nitrogens is 3. The Morgan fingerprint density at radius 1 is 1.11 bits per heavy atom. The maximum Gasteiger partial charge on any atom is 0.0692 e. The van der Waals surface area contributed by atoms with Crippen molar-refractivity contribution in [1.29, 1.82) is 0 Å². The monoisotopic (exact) mass is 243 g/mol. The summed E-state index contributed by atoms with van der Waals surface area (Å²) in [6.07, 6.45) is 5.75. The fraction of sp³-hybridized carbons (Fsp3) is 0.467. The molecule has 2 aromatic rings. The summed E-state index contributed by atoms with van der Waals surface area (Å²) in [5.41, 5.74) is 3.19. The van der Waals surface area contributed by atoms with Crippen LogP contribution in [0.2, 0.25) is 0 Å². The highest BCUT2D eigenvalue weighted by molar-refractivity contribution is 5.28. The SMILES string of the molecule is CC(C)(C)Cc1ccccc1CCn1ccnn1. The van der Waals surface area contributed by atoms with Gasteiger partial charge < -0.3 is 0 Å². The van der Waals surface area contributed by atoms with E-state index < -0.39 is 0 Å². The average Bonchev–Trinajstić information content (AvgIpc) is 2.79. The number of nitrogens with zero attached hydrogens (tertiary/aromatic N) is 3. The Balaban J connectivity index is 2.07. The summed E-state index contributed by atoms with van der Waals surface area (Å²) in [5, 5.41) is 7.83. The van der Waals surface area contributed by atoms with Crippen LogP contribution in [-0.4, -0.2) is 15.0 Å². The van der Waals surface area contributed by atoms with E-state index in [-0.39, 0.29) is 0 Å². The highest BCUT2D eigenvalue weighted by Crippen LogP contribution is 2.23. The lowest BCUT2D eigenvalue weighted by Crippen LogP contribution is -2.12. The first-order valence-corrected chi connectivity index (χ1v) is 6.45. The zero-order valence-electron chi connectivity index (χ0n) is 11.4. The average molecular weight is 243 g/mol. The van der Waals surface area contributed by atoms with Crippen molar-refractivity contribution in [1.82, 2.24) is 15.0 Å². The van der Waals surface area contributed by atoms with Gasteiger partial charge >= 0.3 is 0 Å². The molecule has 3 heteroatoms. The van der Waals surface area contributed by atoms with Crippen LogP contribution in [0.5, 0.6) is 0 Å². The Morgan fingerprint density at radius 3 is 2.44 bits per heavy atom. The summed E-state index contributed by atoms with van der Waals surface area (Å²) in [5.74, 6) is 0. The Morgan fingerprint density at radius 2 is 1.83 bits per heavy atom. The molecular weight excluding hydrogens is 222 g/mol. The molecule has 0 spiro atoms. The molecule has 18 heavy (non-hydrogen) atoms. The highest BCUT2D eigenvalue weighted by atomic mass is 15.4. The van der Waals surface area contributed by atoms with E-state index in [1.54, 1.807) is 6.20 Å². The van der Waals surface area contributed by atoms with Crippen LogP contribution in [0.1, 0.15) is 31.9 Å². The van der Waals surface area contributed by atoms with E-state index in [2.05, 4.69) is 55.3 Å². The Bertz CT molecular complexity index is 481. The minimum absolute atomic E-state index is 0.323. The van der Waals surface area contributed by atoms with Crippen LogP contribution >= 0.6 is 0 Å². The van der Waals surface area contributed by atoms with E-state index in [1.165, 1.54) is 11.1 Å². The standard InChI is InChI=1S/C15H21N3/c1-15(2,3)12-14-7-5-4-6-13(14)8-10-18-11-9-16-17-18/h4-7,9,11H,8,10,12H2,1-3H3. The maximum absolute atomic E-state index is 4.00. The lowest BCUT2D eigenvalue weighted by molar-refractivity contribution is 0.409. The molecular formula is C15H21N3. The number of benzene rings is 1. The molecule has 0 amide bonds. The van der Waals surface area contributed by atoms with Crippen molar-refractivity contribution in [3.8, 4) is 0 Å². The lowest BCUT2D eigenvalue weighted by atomic mass is 9.86. The summed E-state index contributed by atoms with van der Waals surface area (Å²) in [6, 6.07) is 8.70. The van der Waals surface area contributed by atoms with Crippen molar-refractivity contribution in [3.63, 3.8) is 0 Å². The Hall–Kier alpha value is -1.64. The van der Waals surface area contributed by atoms with Crippen LogP contribution < -0.4 is 0 Å². The molecule has 0 saturated carbocycles. The number of hydrogen-bond acceptors (Lipinski definition) is 2. The van der Waals surface area contributed by atoms with E-state index in [0.717, 1.165) is 19.4 Å². The third kappa shape index (κ3) is 3.69. The van der Waals surface area contributed by atoms with Crippen LogP contribution in [0.4, 0.5) is 0 Å². The first-order chi connectivity index (χ1) is 8.54. The fourth-order valence-corrected chi connectivity index (χ4v) is 2.13. The van der Waals surface area contributed by atoms with E-state index in [4.69, 9.17) is 0 Å². The third-order valence-corrected chi connectivity index (χ3v) is 2.92. The van der Waals surface area contributed by atoms with Gasteiger partial charge in [0.25, 0.3) is 0 Å². The van der Waals surface area contributed by atoms with E-state index in [0.29, 0.717) is 5.41 Å². The molecule has 0 bridgehead atoms. The van der Waals surface area contributed by atoms with Crippen LogP contribution in [0.15, 0.2) is 36.7 Å². The van der Waals surface area contributed by atoms with Crippen molar-refractivity contribution in [2.45, 2.75) is 40.2 Å². The summed E-state index contributed by atoms with van der Waals surface area (Å²) in [6.45, 7) is 7.73. The quantitative estimate of drug-likeness (QED) is 0.826. The van der Waals surface area contributed by atoms with Crippen molar-refractivity contribution >= 4 is 0 Å². The second-order valence-corrected chi connectivity index (χ2v) is 5.92. The van der Waals surface area contributed by atoms with Crippen LogP contribution in [0, 0.1) is 5.41 Å². The molecule has 0 fully saturated rings. The first kappa shape index (κ1) is 12.8. The van der Waals surface area contributed by atoms with Crippen LogP contribution in [0.25, 0.3) is 0 Å². The molecule has 0 aliphatic carbocycles. The zero-order chi connectivity index (χ0) is 13.0. The van der Waals surface area contributed by atoms with Crippen LogP contribution in [-0.2, 0) is 19.4 Å². The summed E-state index contributed by atoms with van der Waals surface area (Å²) in [7, 11) is 0. The Labute approximate surface area is 109 Å². The molecule has 2 rings (SSSR count). The van der Waals surface area contributed by atoms with Crippen molar-refractivity contribution in [2.24, 2.45) is 5.41 Å². The topological polar surface area (TPSA) is 30.7 Å². The maximum atomic E-state index is 4.00. The van der Waals surface area contributed by atoms with Gasteiger partial charge in [0.05, 0.1) is 6.20 Å².